The quantitative estimate of drug-likeness (QED) is 0.784. The first kappa shape index (κ1) is 12.5. The van der Waals surface area contributed by atoms with Gasteiger partial charge in [-0.2, -0.15) is 0 Å². The molecule has 0 spiro atoms. The number of ether oxygens (including phenoxy) is 1. The highest BCUT2D eigenvalue weighted by atomic mass is 16.5. The lowest BCUT2D eigenvalue weighted by atomic mass is 10.0. The van der Waals surface area contributed by atoms with Crippen LogP contribution in [0.1, 0.15) is 25.5 Å². The average molecular weight is 234 g/mol. The average Bonchev–Trinajstić information content (AvgIpc) is 3.16. The molecule has 94 valence electrons. The molecule has 0 saturated heterocycles. The molecule has 2 unspecified atom stereocenters. The Morgan fingerprint density at radius 3 is 2.82 bits per heavy atom. The maximum atomic E-state index is 5.67. The first-order valence-electron chi connectivity index (χ1n) is 6.51. The minimum absolute atomic E-state index is 0.331. The van der Waals surface area contributed by atoms with Crippen LogP contribution in [0.5, 0.6) is 0 Å². The van der Waals surface area contributed by atoms with E-state index in [1.165, 1.54) is 12.8 Å². The molecule has 1 fully saturated rings. The van der Waals surface area contributed by atoms with Gasteiger partial charge < -0.3 is 10.1 Å². The summed E-state index contributed by atoms with van der Waals surface area (Å²) in [6, 6.07) is 6.47. The Morgan fingerprint density at radius 2 is 2.29 bits per heavy atom. The highest BCUT2D eigenvalue weighted by molar-refractivity contribution is 5.07. The zero-order valence-corrected chi connectivity index (χ0v) is 10.7. The number of rotatable bonds is 7. The summed E-state index contributed by atoms with van der Waals surface area (Å²) >= 11 is 0. The van der Waals surface area contributed by atoms with Crippen LogP contribution in [0.2, 0.25) is 0 Å². The molecule has 1 heterocycles. The van der Waals surface area contributed by atoms with Crippen LogP contribution in [0.15, 0.2) is 24.4 Å². The largest absolute Gasteiger partial charge is 0.380 e. The van der Waals surface area contributed by atoms with Gasteiger partial charge in [0.25, 0.3) is 0 Å². The van der Waals surface area contributed by atoms with Gasteiger partial charge in [0.1, 0.15) is 0 Å². The molecule has 1 aliphatic carbocycles. The lowest BCUT2D eigenvalue weighted by Gasteiger charge is -2.26. The van der Waals surface area contributed by atoms with Crippen molar-refractivity contribution < 1.29 is 4.74 Å². The Morgan fingerprint density at radius 1 is 1.47 bits per heavy atom. The van der Waals surface area contributed by atoms with E-state index in [1.54, 1.807) is 0 Å². The summed E-state index contributed by atoms with van der Waals surface area (Å²) in [4.78, 5) is 4.40. The number of hydrogen-bond acceptors (Lipinski definition) is 3. The van der Waals surface area contributed by atoms with Crippen LogP contribution in [-0.2, 0) is 11.2 Å². The van der Waals surface area contributed by atoms with Gasteiger partial charge in [-0.05, 0) is 37.4 Å². The maximum Gasteiger partial charge on any atom is 0.0756 e. The molecule has 1 aromatic rings. The van der Waals surface area contributed by atoms with Crippen LogP contribution < -0.4 is 5.32 Å². The number of aromatic nitrogens is 1. The number of likely N-dealkylation sites (N-methyl/N-ethyl adjacent to an activating group) is 1. The Labute approximate surface area is 104 Å². The van der Waals surface area contributed by atoms with E-state index < -0.39 is 0 Å². The standard InChI is InChI=1S/C14H22N2O/c1-3-15-13(14(17-2)11-7-8-11)10-12-6-4-5-9-16-12/h4-6,9,11,13-15H,3,7-8,10H2,1-2H3. The predicted octanol–water partition coefficient (Wildman–Crippen LogP) is 2.03. The van der Waals surface area contributed by atoms with Crippen molar-refractivity contribution in [2.75, 3.05) is 13.7 Å². The monoisotopic (exact) mass is 234 g/mol. The van der Waals surface area contributed by atoms with Gasteiger partial charge in [-0.15, -0.1) is 0 Å². The molecule has 0 radical (unpaired) electrons. The molecule has 1 saturated carbocycles. The van der Waals surface area contributed by atoms with Gasteiger partial charge in [0.05, 0.1) is 6.10 Å². The fourth-order valence-electron chi connectivity index (χ4n) is 2.42. The summed E-state index contributed by atoms with van der Waals surface area (Å²) in [7, 11) is 1.83. The highest BCUT2D eigenvalue weighted by Crippen LogP contribution is 2.36. The second kappa shape index (κ2) is 6.12. The smallest absolute Gasteiger partial charge is 0.0756 e. The highest BCUT2D eigenvalue weighted by Gasteiger charge is 2.36. The summed E-state index contributed by atoms with van der Waals surface area (Å²) in [5.74, 6) is 0.743. The van der Waals surface area contributed by atoms with Gasteiger partial charge in [-0.3, -0.25) is 4.98 Å². The van der Waals surface area contributed by atoms with Gasteiger partial charge in [-0.1, -0.05) is 13.0 Å². The second-order valence-electron chi connectivity index (χ2n) is 4.73. The molecule has 0 amide bonds. The van der Waals surface area contributed by atoms with Gasteiger partial charge >= 0.3 is 0 Å². The van der Waals surface area contributed by atoms with Gasteiger partial charge in [0.2, 0.25) is 0 Å². The summed E-state index contributed by atoms with van der Waals surface area (Å²) in [5, 5.41) is 3.54. The molecule has 1 aliphatic rings. The van der Waals surface area contributed by atoms with Crippen LogP contribution in [0, 0.1) is 5.92 Å². The third kappa shape index (κ3) is 3.51. The maximum absolute atomic E-state index is 5.67. The van der Waals surface area contributed by atoms with Crippen molar-refractivity contribution in [3.63, 3.8) is 0 Å². The number of methoxy groups -OCH3 is 1. The molecule has 2 rings (SSSR count). The summed E-state index contributed by atoms with van der Waals surface area (Å²) < 4.78 is 5.67. The van der Waals surface area contributed by atoms with E-state index in [0.29, 0.717) is 12.1 Å². The van der Waals surface area contributed by atoms with E-state index in [4.69, 9.17) is 4.74 Å². The third-order valence-corrected chi connectivity index (χ3v) is 3.38. The molecular weight excluding hydrogens is 212 g/mol. The van der Waals surface area contributed by atoms with Crippen LogP contribution in [-0.4, -0.2) is 30.8 Å². The topological polar surface area (TPSA) is 34.2 Å². The fraction of sp³-hybridized carbons (Fsp3) is 0.643. The van der Waals surface area contributed by atoms with Crippen LogP contribution >= 0.6 is 0 Å². The molecular formula is C14H22N2O. The van der Waals surface area contributed by atoms with Gasteiger partial charge in [-0.25, -0.2) is 0 Å². The van der Waals surface area contributed by atoms with Gasteiger partial charge in [0.15, 0.2) is 0 Å². The molecule has 1 aromatic heterocycles. The fourth-order valence-corrected chi connectivity index (χ4v) is 2.42. The summed E-state index contributed by atoms with van der Waals surface area (Å²) in [5.41, 5.74) is 1.14. The van der Waals surface area contributed by atoms with Crippen LogP contribution in [0.4, 0.5) is 0 Å². The van der Waals surface area contributed by atoms with Crippen LogP contribution in [0.3, 0.4) is 0 Å². The van der Waals surface area contributed by atoms with Crippen molar-refractivity contribution in [3.8, 4) is 0 Å². The number of nitrogens with one attached hydrogen (secondary N) is 1. The van der Waals surface area contributed by atoms with Crippen molar-refractivity contribution in [2.24, 2.45) is 5.92 Å². The van der Waals surface area contributed by atoms with Gasteiger partial charge in [0, 0.05) is 31.5 Å². The number of pyridine rings is 1. The summed E-state index contributed by atoms with van der Waals surface area (Å²) in [6.45, 7) is 3.12. The second-order valence-corrected chi connectivity index (χ2v) is 4.73. The minimum atomic E-state index is 0.331. The molecule has 0 aliphatic heterocycles. The number of nitrogens with zero attached hydrogens (tertiary/aromatic N) is 1. The van der Waals surface area contributed by atoms with E-state index in [2.05, 4.69) is 23.3 Å². The van der Waals surface area contributed by atoms with Crippen molar-refractivity contribution in [2.45, 2.75) is 38.3 Å². The molecule has 0 bridgehead atoms. The van der Waals surface area contributed by atoms with E-state index in [9.17, 15) is 0 Å². The zero-order valence-electron chi connectivity index (χ0n) is 10.7. The SMILES string of the molecule is CCNC(Cc1ccccn1)C(OC)C1CC1. The van der Waals surface area contributed by atoms with Crippen molar-refractivity contribution >= 4 is 0 Å². The third-order valence-electron chi connectivity index (χ3n) is 3.38. The Bertz CT molecular complexity index is 324. The first-order chi connectivity index (χ1) is 8.35. The predicted molar refractivity (Wildman–Crippen MR) is 68.9 cm³/mol. The van der Waals surface area contributed by atoms with Crippen molar-refractivity contribution in [1.29, 1.82) is 0 Å². The van der Waals surface area contributed by atoms with E-state index in [0.717, 1.165) is 24.6 Å². The lowest BCUT2D eigenvalue weighted by Crippen LogP contribution is -2.43. The lowest BCUT2D eigenvalue weighted by molar-refractivity contribution is 0.0513. The molecule has 2 atom stereocenters. The van der Waals surface area contributed by atoms with E-state index >= 15 is 0 Å². The van der Waals surface area contributed by atoms with Crippen molar-refractivity contribution in [1.82, 2.24) is 10.3 Å². The molecule has 17 heavy (non-hydrogen) atoms. The Hall–Kier alpha value is -0.930. The van der Waals surface area contributed by atoms with E-state index in [1.807, 2.05) is 25.4 Å². The normalized spacial score (nSPS) is 18.9. The number of hydrogen-bond donors (Lipinski definition) is 1. The Balaban J connectivity index is 2.00. The molecule has 0 aromatic carbocycles. The molecule has 3 nitrogen and oxygen atoms in total. The summed E-state index contributed by atoms with van der Waals surface area (Å²) in [6.07, 6.45) is 5.75. The Kier molecular flexibility index (Phi) is 4.51. The molecule has 3 heteroatoms. The zero-order chi connectivity index (χ0) is 12.1. The van der Waals surface area contributed by atoms with E-state index in [-0.39, 0.29) is 0 Å². The van der Waals surface area contributed by atoms with Crippen molar-refractivity contribution in [3.05, 3.63) is 30.1 Å². The molecule has 1 N–H and O–H groups in total. The minimum Gasteiger partial charge on any atom is -0.380 e. The van der Waals surface area contributed by atoms with Crippen LogP contribution in [0.25, 0.3) is 0 Å². The first-order valence-corrected chi connectivity index (χ1v) is 6.51.